The van der Waals surface area contributed by atoms with Gasteiger partial charge in [-0.15, -0.1) is 0 Å². The van der Waals surface area contributed by atoms with Crippen LogP contribution in [0.1, 0.15) is 30.0 Å². The average Bonchev–Trinajstić information content (AvgIpc) is 3.30. The molecule has 0 amide bonds. The van der Waals surface area contributed by atoms with Gasteiger partial charge in [0.2, 0.25) is 0 Å². The minimum Gasteiger partial charge on any atom is -0.390 e. The molecule has 4 rings (SSSR count). The predicted molar refractivity (Wildman–Crippen MR) is 107 cm³/mol. The van der Waals surface area contributed by atoms with E-state index < -0.39 is 11.9 Å². The van der Waals surface area contributed by atoms with Crippen molar-refractivity contribution in [1.29, 1.82) is 0 Å². The predicted octanol–water partition coefficient (Wildman–Crippen LogP) is 3.01. The smallest absolute Gasteiger partial charge is 0.390 e. The molecule has 2 unspecified atom stereocenters. The molecule has 0 aliphatic carbocycles. The van der Waals surface area contributed by atoms with Gasteiger partial charge in [0.05, 0.1) is 12.6 Å². The average molecular weight is 379 g/mol. The van der Waals surface area contributed by atoms with E-state index in [1.54, 1.807) is 0 Å². The van der Waals surface area contributed by atoms with Gasteiger partial charge in [0.15, 0.2) is 5.82 Å². The van der Waals surface area contributed by atoms with E-state index in [-0.39, 0.29) is 6.54 Å². The zero-order valence-corrected chi connectivity index (χ0v) is 16.0. The highest BCUT2D eigenvalue weighted by Gasteiger charge is 2.29. The first-order valence-corrected chi connectivity index (χ1v) is 9.73. The van der Waals surface area contributed by atoms with Crippen LogP contribution in [0.5, 0.6) is 0 Å². The molecule has 1 aliphatic rings. The van der Waals surface area contributed by atoms with Gasteiger partial charge >= 0.3 is 5.76 Å². The zero-order chi connectivity index (χ0) is 19.5. The second-order valence-electron chi connectivity index (χ2n) is 7.41. The molecule has 1 N–H and O–H groups in total. The first-order chi connectivity index (χ1) is 13.6. The second kappa shape index (κ2) is 8.12. The number of nitrogens with zero attached hydrogens (tertiary/aromatic N) is 3. The van der Waals surface area contributed by atoms with Crippen molar-refractivity contribution in [2.75, 3.05) is 13.1 Å². The van der Waals surface area contributed by atoms with Crippen molar-refractivity contribution in [3.05, 3.63) is 76.3 Å². The van der Waals surface area contributed by atoms with Gasteiger partial charge in [-0.25, -0.2) is 4.79 Å². The van der Waals surface area contributed by atoms with Crippen LogP contribution in [0.2, 0.25) is 0 Å². The second-order valence-corrected chi connectivity index (χ2v) is 7.41. The number of hydrogen-bond acceptors (Lipinski definition) is 5. The van der Waals surface area contributed by atoms with Gasteiger partial charge in [0, 0.05) is 18.2 Å². The van der Waals surface area contributed by atoms with Gasteiger partial charge in [0.25, 0.3) is 0 Å². The molecule has 1 aromatic heterocycles. The minimum absolute atomic E-state index is 0.156. The number of rotatable bonds is 6. The van der Waals surface area contributed by atoms with Crippen LogP contribution >= 0.6 is 0 Å². The molecule has 2 atom stereocenters. The quantitative estimate of drug-likeness (QED) is 0.713. The Hall–Kier alpha value is -2.70. The Kier molecular flexibility index (Phi) is 5.41. The molecule has 146 valence electrons. The Morgan fingerprint density at radius 2 is 1.89 bits per heavy atom. The summed E-state index contributed by atoms with van der Waals surface area (Å²) < 4.78 is 6.28. The highest BCUT2D eigenvalue weighted by molar-refractivity contribution is 5.54. The SMILES string of the molecule is Cc1ccccc1C1CCCN1CC(O)Cn1c(-c2ccccc2)noc1=O. The molecule has 0 spiro atoms. The van der Waals surface area contributed by atoms with E-state index in [1.807, 2.05) is 30.3 Å². The first-order valence-electron chi connectivity index (χ1n) is 9.73. The van der Waals surface area contributed by atoms with E-state index >= 15 is 0 Å². The molecule has 3 aromatic rings. The van der Waals surface area contributed by atoms with Crippen LogP contribution in [-0.4, -0.2) is 38.9 Å². The number of benzene rings is 2. The molecule has 2 heterocycles. The summed E-state index contributed by atoms with van der Waals surface area (Å²) in [6.45, 7) is 3.74. The van der Waals surface area contributed by atoms with Gasteiger partial charge in [-0.1, -0.05) is 59.8 Å². The third kappa shape index (κ3) is 3.79. The van der Waals surface area contributed by atoms with Gasteiger partial charge in [-0.05, 0) is 37.4 Å². The molecule has 1 fully saturated rings. The summed E-state index contributed by atoms with van der Waals surface area (Å²) in [4.78, 5) is 14.4. The maximum absolute atomic E-state index is 12.1. The molecule has 6 heteroatoms. The van der Waals surface area contributed by atoms with E-state index in [0.29, 0.717) is 18.4 Å². The summed E-state index contributed by atoms with van der Waals surface area (Å²) in [6, 6.07) is 18.1. The Morgan fingerprint density at radius 1 is 1.14 bits per heavy atom. The third-order valence-electron chi connectivity index (χ3n) is 5.47. The molecule has 6 nitrogen and oxygen atoms in total. The third-order valence-corrected chi connectivity index (χ3v) is 5.47. The number of β-amino-alcohol motifs (C(OH)–C–C–N with tert-alkyl or cyclic N) is 1. The van der Waals surface area contributed by atoms with Gasteiger partial charge in [0.1, 0.15) is 0 Å². The number of aromatic nitrogens is 2. The lowest BCUT2D eigenvalue weighted by molar-refractivity contribution is 0.0905. The molecule has 2 aromatic carbocycles. The molecule has 0 bridgehead atoms. The van der Waals surface area contributed by atoms with E-state index in [9.17, 15) is 9.90 Å². The fourth-order valence-corrected chi connectivity index (χ4v) is 4.12. The minimum atomic E-state index is -0.691. The molecule has 1 aliphatic heterocycles. The van der Waals surface area contributed by atoms with Crippen LogP contribution in [0.15, 0.2) is 63.9 Å². The lowest BCUT2D eigenvalue weighted by Gasteiger charge is -2.28. The lowest BCUT2D eigenvalue weighted by Crippen LogP contribution is -2.36. The maximum atomic E-state index is 12.1. The fourth-order valence-electron chi connectivity index (χ4n) is 4.12. The van der Waals surface area contributed by atoms with E-state index in [4.69, 9.17) is 4.52 Å². The summed E-state index contributed by atoms with van der Waals surface area (Å²) in [5.74, 6) is -0.101. The van der Waals surface area contributed by atoms with Crippen LogP contribution in [0.3, 0.4) is 0 Å². The Labute approximate surface area is 164 Å². The Bertz CT molecular complexity index is 980. The highest BCUT2D eigenvalue weighted by atomic mass is 16.5. The largest absolute Gasteiger partial charge is 0.441 e. The van der Waals surface area contributed by atoms with Crippen molar-refractivity contribution in [1.82, 2.24) is 14.6 Å². The number of hydrogen-bond donors (Lipinski definition) is 1. The number of aliphatic hydroxyl groups is 1. The molecular weight excluding hydrogens is 354 g/mol. The van der Waals surface area contributed by atoms with Gasteiger partial charge in [-0.3, -0.25) is 14.0 Å². The number of likely N-dealkylation sites (tertiary alicyclic amines) is 1. The summed E-state index contributed by atoms with van der Waals surface area (Å²) in [6.07, 6.45) is 1.50. The van der Waals surface area contributed by atoms with Gasteiger partial charge in [-0.2, -0.15) is 0 Å². The monoisotopic (exact) mass is 379 g/mol. The van der Waals surface area contributed by atoms with E-state index in [1.165, 1.54) is 15.7 Å². The van der Waals surface area contributed by atoms with Crippen LogP contribution in [0, 0.1) is 6.92 Å². The Balaban J connectivity index is 1.50. The van der Waals surface area contributed by atoms with Crippen molar-refractivity contribution >= 4 is 0 Å². The zero-order valence-electron chi connectivity index (χ0n) is 16.0. The van der Waals surface area contributed by atoms with Crippen molar-refractivity contribution in [2.45, 2.75) is 38.5 Å². The first kappa shape index (κ1) is 18.7. The number of aryl methyl sites for hydroxylation is 1. The van der Waals surface area contributed by atoms with Crippen LogP contribution < -0.4 is 5.76 Å². The fraction of sp³-hybridized carbons (Fsp3) is 0.364. The molecular formula is C22H25N3O3. The Morgan fingerprint density at radius 3 is 2.68 bits per heavy atom. The van der Waals surface area contributed by atoms with Crippen LogP contribution in [-0.2, 0) is 6.54 Å². The van der Waals surface area contributed by atoms with E-state index in [2.05, 4.69) is 41.2 Å². The topological polar surface area (TPSA) is 71.5 Å². The maximum Gasteiger partial charge on any atom is 0.441 e. The van der Waals surface area contributed by atoms with Gasteiger partial charge < -0.3 is 5.11 Å². The molecule has 28 heavy (non-hydrogen) atoms. The summed E-state index contributed by atoms with van der Waals surface area (Å²) in [7, 11) is 0. The van der Waals surface area contributed by atoms with Crippen molar-refractivity contribution < 1.29 is 9.63 Å². The highest BCUT2D eigenvalue weighted by Crippen LogP contribution is 2.33. The molecule has 0 radical (unpaired) electrons. The van der Waals surface area contributed by atoms with E-state index in [0.717, 1.165) is 24.9 Å². The summed E-state index contributed by atoms with van der Waals surface area (Å²) >= 11 is 0. The summed E-state index contributed by atoms with van der Waals surface area (Å²) in [5.41, 5.74) is 3.38. The van der Waals surface area contributed by atoms with Crippen LogP contribution in [0.4, 0.5) is 0 Å². The summed E-state index contributed by atoms with van der Waals surface area (Å²) in [5, 5.41) is 14.6. The van der Waals surface area contributed by atoms with Crippen molar-refractivity contribution in [3.8, 4) is 11.4 Å². The standard InChI is InChI=1S/C22H25N3O3/c1-16-8-5-6-11-19(16)20-12-7-13-24(20)14-18(26)15-25-21(23-28-22(25)27)17-9-3-2-4-10-17/h2-6,8-11,18,20,26H,7,12-15H2,1H3. The molecule has 0 saturated carbocycles. The van der Waals surface area contributed by atoms with Crippen molar-refractivity contribution in [3.63, 3.8) is 0 Å². The van der Waals surface area contributed by atoms with Crippen LogP contribution in [0.25, 0.3) is 11.4 Å². The normalized spacial score (nSPS) is 18.4. The molecule has 1 saturated heterocycles. The van der Waals surface area contributed by atoms with Crippen molar-refractivity contribution in [2.24, 2.45) is 0 Å². The number of aliphatic hydroxyl groups excluding tert-OH is 1. The lowest BCUT2D eigenvalue weighted by atomic mass is 9.99.